The highest BCUT2D eigenvalue weighted by molar-refractivity contribution is 7.10. The number of hydrogen-bond donors (Lipinski definition) is 0. The van der Waals surface area contributed by atoms with Crippen LogP contribution in [0.4, 0.5) is 0 Å². The number of fused-ring (bicyclic) bond motifs is 1. The lowest BCUT2D eigenvalue weighted by Crippen LogP contribution is -2.46. The highest BCUT2D eigenvalue weighted by Gasteiger charge is 2.33. The Morgan fingerprint density at radius 1 is 1.17 bits per heavy atom. The minimum Gasteiger partial charge on any atom is -0.497 e. The van der Waals surface area contributed by atoms with Gasteiger partial charge in [0.2, 0.25) is 11.8 Å². The molecule has 1 atom stereocenters. The lowest BCUT2D eigenvalue weighted by Gasteiger charge is -2.37. The SMILES string of the molecule is CCCC(=O)N(CCC)CC(=O)N1CCc2sccc2[C@H]1c1ccc(OC)cc1. The Kier molecular flexibility index (Phi) is 7.31. The number of amides is 2. The first kappa shape index (κ1) is 21.4. The van der Waals surface area contributed by atoms with Crippen LogP contribution in [-0.4, -0.2) is 48.4 Å². The van der Waals surface area contributed by atoms with Crippen molar-refractivity contribution < 1.29 is 14.3 Å². The third-order valence-corrected chi connectivity index (χ3v) is 6.35. The normalized spacial score (nSPS) is 15.7. The topological polar surface area (TPSA) is 49.9 Å². The molecule has 0 fully saturated rings. The van der Waals surface area contributed by atoms with Gasteiger partial charge in [-0.3, -0.25) is 9.59 Å². The second kappa shape index (κ2) is 9.92. The summed E-state index contributed by atoms with van der Waals surface area (Å²) in [6, 6.07) is 9.94. The minimum absolute atomic E-state index is 0.0144. The van der Waals surface area contributed by atoms with Crippen molar-refractivity contribution in [3.8, 4) is 5.75 Å². The van der Waals surface area contributed by atoms with Gasteiger partial charge in [0.15, 0.2) is 0 Å². The maximum atomic E-state index is 13.3. The molecule has 1 aliphatic rings. The zero-order valence-electron chi connectivity index (χ0n) is 17.5. The Bertz CT molecular complexity index is 831. The van der Waals surface area contributed by atoms with Crippen molar-refractivity contribution in [3.05, 3.63) is 51.7 Å². The van der Waals surface area contributed by atoms with Gasteiger partial charge in [0, 0.05) is 24.4 Å². The van der Waals surface area contributed by atoms with E-state index in [0.29, 0.717) is 19.5 Å². The van der Waals surface area contributed by atoms with Crippen LogP contribution in [-0.2, 0) is 16.0 Å². The summed E-state index contributed by atoms with van der Waals surface area (Å²) in [5, 5.41) is 2.10. The summed E-state index contributed by atoms with van der Waals surface area (Å²) in [7, 11) is 1.65. The van der Waals surface area contributed by atoms with Crippen LogP contribution in [0.15, 0.2) is 35.7 Å². The molecule has 0 saturated heterocycles. The second-order valence-electron chi connectivity index (χ2n) is 7.38. The Hall–Kier alpha value is -2.34. The zero-order valence-corrected chi connectivity index (χ0v) is 18.3. The molecule has 2 heterocycles. The lowest BCUT2D eigenvalue weighted by atomic mass is 9.93. The summed E-state index contributed by atoms with van der Waals surface area (Å²) in [6.45, 7) is 5.47. The maximum Gasteiger partial charge on any atom is 0.242 e. The van der Waals surface area contributed by atoms with Gasteiger partial charge >= 0.3 is 0 Å². The Labute approximate surface area is 177 Å². The van der Waals surface area contributed by atoms with Gasteiger partial charge in [-0.15, -0.1) is 11.3 Å². The fraction of sp³-hybridized carbons (Fsp3) is 0.478. The van der Waals surface area contributed by atoms with Gasteiger partial charge in [0.1, 0.15) is 5.75 Å². The zero-order chi connectivity index (χ0) is 20.8. The number of thiophene rings is 1. The first-order valence-electron chi connectivity index (χ1n) is 10.4. The highest BCUT2D eigenvalue weighted by Crippen LogP contribution is 2.38. The van der Waals surface area contributed by atoms with Crippen LogP contribution >= 0.6 is 11.3 Å². The van der Waals surface area contributed by atoms with Gasteiger partial charge in [-0.1, -0.05) is 26.0 Å². The van der Waals surface area contributed by atoms with Crippen LogP contribution in [0, 0.1) is 0 Å². The van der Waals surface area contributed by atoms with Crippen LogP contribution in [0.1, 0.15) is 55.2 Å². The molecule has 0 unspecified atom stereocenters. The summed E-state index contributed by atoms with van der Waals surface area (Å²) in [5.41, 5.74) is 2.27. The molecule has 0 saturated carbocycles. The van der Waals surface area contributed by atoms with E-state index in [1.54, 1.807) is 23.3 Å². The Balaban J connectivity index is 1.87. The molecule has 0 spiro atoms. The largest absolute Gasteiger partial charge is 0.497 e. The van der Waals surface area contributed by atoms with Crippen LogP contribution in [0.2, 0.25) is 0 Å². The molecule has 0 radical (unpaired) electrons. The smallest absolute Gasteiger partial charge is 0.242 e. The molecular weight excluding hydrogens is 384 g/mol. The Morgan fingerprint density at radius 3 is 2.59 bits per heavy atom. The average molecular weight is 415 g/mol. The first-order chi connectivity index (χ1) is 14.1. The van der Waals surface area contributed by atoms with Crippen LogP contribution in [0.25, 0.3) is 0 Å². The fourth-order valence-corrected chi connectivity index (χ4v) is 4.82. The van der Waals surface area contributed by atoms with E-state index in [1.165, 1.54) is 10.4 Å². The molecule has 0 aliphatic carbocycles. The summed E-state index contributed by atoms with van der Waals surface area (Å²) in [5.74, 6) is 0.879. The van der Waals surface area contributed by atoms with Gasteiger partial charge < -0.3 is 14.5 Å². The summed E-state index contributed by atoms with van der Waals surface area (Å²) < 4.78 is 5.29. The molecule has 3 rings (SSSR count). The quantitative estimate of drug-likeness (QED) is 0.648. The van der Waals surface area contributed by atoms with Gasteiger partial charge in [0.25, 0.3) is 0 Å². The third-order valence-electron chi connectivity index (χ3n) is 5.35. The molecule has 156 valence electrons. The first-order valence-corrected chi connectivity index (χ1v) is 11.2. The standard InChI is InChI=1S/C23H30N2O3S/c1-4-6-21(26)24(13-5-2)16-22(27)25-14-11-20-19(12-15-29-20)23(25)17-7-9-18(28-3)10-8-17/h7-10,12,15,23H,4-6,11,13-14,16H2,1-3H3/t23-/m1/s1. The number of nitrogens with zero attached hydrogens (tertiary/aromatic N) is 2. The number of ether oxygens (including phenoxy) is 1. The summed E-state index contributed by atoms with van der Waals surface area (Å²) in [4.78, 5) is 30.8. The third kappa shape index (κ3) is 4.81. The molecule has 1 aromatic carbocycles. The van der Waals surface area contributed by atoms with Crippen LogP contribution in [0.3, 0.4) is 0 Å². The molecular formula is C23H30N2O3S. The summed E-state index contributed by atoms with van der Waals surface area (Å²) in [6.07, 6.45) is 2.99. The van der Waals surface area contributed by atoms with Crippen LogP contribution < -0.4 is 4.74 Å². The number of hydrogen-bond acceptors (Lipinski definition) is 4. The van der Waals surface area contributed by atoms with Crippen molar-refractivity contribution >= 4 is 23.2 Å². The van der Waals surface area contributed by atoms with Gasteiger partial charge in [-0.05, 0) is 54.0 Å². The maximum absolute atomic E-state index is 13.3. The van der Waals surface area contributed by atoms with E-state index < -0.39 is 0 Å². The van der Waals surface area contributed by atoms with E-state index in [9.17, 15) is 9.59 Å². The van der Waals surface area contributed by atoms with Crippen molar-refractivity contribution in [1.82, 2.24) is 9.80 Å². The molecule has 29 heavy (non-hydrogen) atoms. The lowest BCUT2D eigenvalue weighted by molar-refractivity contribution is -0.141. The molecule has 2 aromatic rings. The molecule has 0 N–H and O–H groups in total. The van der Waals surface area contributed by atoms with E-state index in [1.807, 2.05) is 43.0 Å². The fourth-order valence-electron chi connectivity index (χ4n) is 3.92. The van der Waals surface area contributed by atoms with Crippen molar-refractivity contribution in [2.45, 2.75) is 45.6 Å². The molecule has 1 aliphatic heterocycles. The van der Waals surface area contributed by atoms with E-state index in [2.05, 4.69) is 11.4 Å². The van der Waals surface area contributed by atoms with Crippen molar-refractivity contribution in [2.75, 3.05) is 26.7 Å². The predicted octanol–water partition coefficient (Wildman–Crippen LogP) is 4.27. The second-order valence-corrected chi connectivity index (χ2v) is 8.38. The molecule has 1 aromatic heterocycles. The average Bonchev–Trinajstić information content (AvgIpc) is 3.21. The van der Waals surface area contributed by atoms with Gasteiger partial charge in [-0.25, -0.2) is 0 Å². The van der Waals surface area contributed by atoms with Crippen molar-refractivity contribution in [1.29, 1.82) is 0 Å². The number of benzene rings is 1. The molecule has 5 nitrogen and oxygen atoms in total. The monoisotopic (exact) mass is 414 g/mol. The summed E-state index contributed by atoms with van der Waals surface area (Å²) >= 11 is 1.75. The Morgan fingerprint density at radius 2 is 1.93 bits per heavy atom. The number of carbonyl (C=O) groups is 2. The molecule has 2 amide bonds. The van der Waals surface area contributed by atoms with E-state index in [0.717, 1.165) is 30.6 Å². The van der Waals surface area contributed by atoms with Gasteiger partial charge in [-0.2, -0.15) is 0 Å². The molecule has 6 heteroatoms. The highest BCUT2D eigenvalue weighted by atomic mass is 32.1. The van der Waals surface area contributed by atoms with E-state index >= 15 is 0 Å². The number of carbonyl (C=O) groups excluding carboxylic acids is 2. The van der Waals surface area contributed by atoms with Gasteiger partial charge in [0.05, 0.1) is 19.7 Å². The van der Waals surface area contributed by atoms with E-state index in [4.69, 9.17) is 4.74 Å². The minimum atomic E-state index is -0.117. The number of rotatable bonds is 8. The van der Waals surface area contributed by atoms with Crippen molar-refractivity contribution in [3.63, 3.8) is 0 Å². The predicted molar refractivity (Wildman–Crippen MR) is 116 cm³/mol. The molecule has 0 bridgehead atoms. The van der Waals surface area contributed by atoms with E-state index in [-0.39, 0.29) is 24.4 Å². The van der Waals surface area contributed by atoms with Crippen LogP contribution in [0.5, 0.6) is 5.75 Å². The van der Waals surface area contributed by atoms with Crippen molar-refractivity contribution in [2.24, 2.45) is 0 Å². The number of methoxy groups -OCH3 is 1.